The third kappa shape index (κ3) is 5.29. The zero-order valence-corrected chi connectivity index (χ0v) is 20.2. The monoisotopic (exact) mass is 508 g/mol. The van der Waals surface area contributed by atoms with Crippen LogP contribution >= 0.6 is 23.8 Å². The van der Waals surface area contributed by atoms with Gasteiger partial charge in [0.25, 0.3) is 0 Å². The number of hydrogen-bond acceptors (Lipinski definition) is 5. The van der Waals surface area contributed by atoms with Crippen molar-refractivity contribution in [2.24, 2.45) is 0 Å². The van der Waals surface area contributed by atoms with Gasteiger partial charge in [-0.2, -0.15) is 0 Å². The van der Waals surface area contributed by atoms with Gasteiger partial charge >= 0.3 is 5.97 Å². The molecule has 1 aliphatic heterocycles. The van der Waals surface area contributed by atoms with Crippen LogP contribution in [0, 0.1) is 0 Å². The molecule has 0 radical (unpaired) electrons. The van der Waals surface area contributed by atoms with E-state index in [1.807, 2.05) is 36.4 Å². The average Bonchev–Trinajstić information content (AvgIpc) is 2.87. The molecule has 9 heteroatoms. The van der Waals surface area contributed by atoms with Crippen molar-refractivity contribution in [3.8, 4) is 11.5 Å². The van der Waals surface area contributed by atoms with Crippen LogP contribution in [-0.2, 0) is 4.79 Å². The molecule has 1 aliphatic rings. The van der Waals surface area contributed by atoms with Crippen molar-refractivity contribution in [3.05, 3.63) is 100 Å². The molecule has 3 aromatic carbocycles. The zero-order chi connectivity index (χ0) is 24.9. The van der Waals surface area contributed by atoms with Crippen molar-refractivity contribution in [2.75, 3.05) is 13.7 Å². The molecule has 4 rings (SSSR count). The summed E-state index contributed by atoms with van der Waals surface area (Å²) in [6, 6.07) is 20.7. The molecule has 0 amide bonds. The zero-order valence-electron chi connectivity index (χ0n) is 18.6. The summed E-state index contributed by atoms with van der Waals surface area (Å²) >= 11 is 12.1. The lowest BCUT2D eigenvalue weighted by Gasteiger charge is -2.32. The van der Waals surface area contributed by atoms with Gasteiger partial charge in [-0.25, -0.2) is 4.79 Å². The number of thiocarbonyl (C=S) groups is 1. The predicted octanol–water partition coefficient (Wildman–Crippen LogP) is 4.63. The van der Waals surface area contributed by atoms with Crippen LogP contribution in [0.5, 0.6) is 11.5 Å². The van der Waals surface area contributed by atoms with Gasteiger partial charge in [-0.15, -0.1) is 0 Å². The number of carbonyl (C=O) groups is 2. The first kappa shape index (κ1) is 24.3. The van der Waals surface area contributed by atoms with Crippen LogP contribution in [0.1, 0.15) is 27.5 Å². The van der Waals surface area contributed by atoms with E-state index < -0.39 is 18.6 Å². The lowest BCUT2D eigenvalue weighted by molar-refractivity contribution is -0.139. The largest absolute Gasteiger partial charge is 0.493 e. The normalized spacial score (nSPS) is 15.1. The number of carbonyl (C=O) groups excluding carboxylic acids is 1. The topological polar surface area (TPSA) is 96.9 Å². The highest BCUT2D eigenvalue weighted by Crippen LogP contribution is 2.41. The maximum atomic E-state index is 13.8. The molecule has 0 fully saturated rings. The van der Waals surface area contributed by atoms with Gasteiger partial charge in [0.15, 0.2) is 29.0 Å². The molecule has 7 nitrogen and oxygen atoms in total. The number of halogens is 1. The molecule has 35 heavy (non-hydrogen) atoms. The fourth-order valence-electron chi connectivity index (χ4n) is 3.80. The molecule has 0 spiro atoms. The van der Waals surface area contributed by atoms with E-state index in [-0.39, 0.29) is 22.3 Å². The van der Waals surface area contributed by atoms with Gasteiger partial charge in [0, 0.05) is 17.2 Å². The summed E-state index contributed by atoms with van der Waals surface area (Å²) < 4.78 is 10.8. The van der Waals surface area contributed by atoms with E-state index in [1.165, 1.54) is 13.2 Å². The van der Waals surface area contributed by atoms with Gasteiger partial charge < -0.3 is 25.2 Å². The van der Waals surface area contributed by atoms with Crippen molar-refractivity contribution in [3.63, 3.8) is 0 Å². The predicted molar refractivity (Wildman–Crippen MR) is 137 cm³/mol. The Balaban J connectivity index is 1.90. The Morgan fingerprint density at radius 1 is 1.03 bits per heavy atom. The number of benzene rings is 3. The third-order valence-electron chi connectivity index (χ3n) is 5.36. The number of carboxylic acids is 1. The number of ether oxygens (including phenoxy) is 2. The fourth-order valence-corrected chi connectivity index (χ4v) is 4.29. The third-order valence-corrected chi connectivity index (χ3v) is 5.91. The summed E-state index contributed by atoms with van der Waals surface area (Å²) in [4.78, 5) is 24.8. The Bertz CT molecular complexity index is 1310. The molecule has 1 heterocycles. The average molecular weight is 509 g/mol. The van der Waals surface area contributed by atoms with Crippen LogP contribution in [0.25, 0.3) is 5.70 Å². The fraction of sp³-hybridized carbons (Fsp3) is 0.115. The Morgan fingerprint density at radius 2 is 1.69 bits per heavy atom. The van der Waals surface area contributed by atoms with Crippen molar-refractivity contribution in [2.45, 2.75) is 6.04 Å². The van der Waals surface area contributed by atoms with Gasteiger partial charge in [-0.05, 0) is 23.8 Å². The first-order chi connectivity index (χ1) is 16.9. The standard InChI is InChI=1S/C26H21ClN2O5S/c1-33-19-12-17(18(27)13-20(19)34-14-21(30)31)24-22(25(32)16-10-6-3-7-11-16)23(28-26(35)29-24)15-8-4-2-5-9-15/h2-13,24H,14H2,1H3,(H,30,31)(H2,28,29,35)/t24-/m0/s1. The number of methoxy groups -OCH3 is 1. The Morgan fingerprint density at radius 3 is 2.31 bits per heavy atom. The van der Waals surface area contributed by atoms with E-state index in [0.29, 0.717) is 27.5 Å². The lowest BCUT2D eigenvalue weighted by Crippen LogP contribution is -2.45. The van der Waals surface area contributed by atoms with Gasteiger partial charge in [0.05, 0.1) is 29.4 Å². The van der Waals surface area contributed by atoms with Crippen LogP contribution in [0.15, 0.2) is 78.4 Å². The number of Topliss-reactive ketones (excluding diaryl/α,β-unsaturated/α-hetero) is 1. The Kier molecular flexibility index (Phi) is 7.33. The molecule has 0 bridgehead atoms. The highest BCUT2D eigenvalue weighted by molar-refractivity contribution is 7.80. The quantitative estimate of drug-likeness (QED) is 0.299. The maximum Gasteiger partial charge on any atom is 0.341 e. The molecule has 3 N–H and O–H groups in total. The molecule has 0 saturated carbocycles. The number of rotatable bonds is 8. The minimum atomic E-state index is -1.14. The van der Waals surface area contributed by atoms with Gasteiger partial charge in [0.1, 0.15) is 0 Å². The highest BCUT2D eigenvalue weighted by atomic mass is 35.5. The first-order valence-electron chi connectivity index (χ1n) is 10.6. The van der Waals surface area contributed by atoms with E-state index in [9.17, 15) is 9.59 Å². The summed E-state index contributed by atoms with van der Waals surface area (Å²) in [5.74, 6) is -0.907. The minimum absolute atomic E-state index is 0.170. The molecular weight excluding hydrogens is 488 g/mol. The van der Waals surface area contributed by atoms with Crippen LogP contribution in [0.3, 0.4) is 0 Å². The maximum absolute atomic E-state index is 13.8. The first-order valence-corrected chi connectivity index (χ1v) is 11.4. The van der Waals surface area contributed by atoms with Gasteiger partial charge in [-0.3, -0.25) is 4.79 Å². The number of nitrogens with one attached hydrogen (secondary N) is 2. The smallest absolute Gasteiger partial charge is 0.341 e. The molecule has 0 aliphatic carbocycles. The highest BCUT2D eigenvalue weighted by Gasteiger charge is 2.34. The van der Waals surface area contributed by atoms with Gasteiger partial charge in [0.2, 0.25) is 0 Å². The molecular formula is C26H21ClN2O5S. The summed E-state index contributed by atoms with van der Waals surface area (Å²) in [5, 5.41) is 15.8. The molecule has 178 valence electrons. The van der Waals surface area contributed by atoms with Crippen molar-refractivity contribution >= 4 is 46.4 Å². The number of aliphatic carboxylic acids is 1. The van der Waals surface area contributed by atoms with Crippen molar-refractivity contribution < 1.29 is 24.2 Å². The van der Waals surface area contributed by atoms with E-state index in [4.69, 9.17) is 38.4 Å². The Hall–Kier alpha value is -3.88. The molecule has 0 aromatic heterocycles. The van der Waals surface area contributed by atoms with E-state index in [2.05, 4.69) is 10.6 Å². The second kappa shape index (κ2) is 10.6. The van der Waals surface area contributed by atoms with Crippen LogP contribution in [-0.4, -0.2) is 35.7 Å². The molecule has 1 atom stereocenters. The molecule has 0 unspecified atom stereocenters. The Labute approximate surface area is 212 Å². The van der Waals surface area contributed by atoms with Gasteiger partial charge in [-0.1, -0.05) is 72.3 Å². The second-order valence-electron chi connectivity index (χ2n) is 7.59. The van der Waals surface area contributed by atoms with Crippen molar-refractivity contribution in [1.82, 2.24) is 10.6 Å². The van der Waals surface area contributed by atoms with Crippen LogP contribution in [0.4, 0.5) is 0 Å². The minimum Gasteiger partial charge on any atom is -0.493 e. The molecule has 0 saturated heterocycles. The number of carboxylic acid groups (broad SMARTS) is 1. The second-order valence-corrected chi connectivity index (χ2v) is 8.40. The van der Waals surface area contributed by atoms with E-state index in [1.54, 1.807) is 30.3 Å². The van der Waals surface area contributed by atoms with Crippen molar-refractivity contribution in [1.29, 1.82) is 0 Å². The molecule has 3 aromatic rings. The SMILES string of the molecule is COc1cc([C@@H]2NC(=S)NC(c3ccccc3)=C2C(=O)c2ccccc2)c(Cl)cc1OCC(=O)O. The van der Waals surface area contributed by atoms with Crippen LogP contribution in [0.2, 0.25) is 5.02 Å². The number of ketones is 1. The number of hydrogen-bond donors (Lipinski definition) is 3. The van der Waals surface area contributed by atoms with E-state index >= 15 is 0 Å². The van der Waals surface area contributed by atoms with Crippen LogP contribution < -0.4 is 20.1 Å². The van der Waals surface area contributed by atoms with E-state index in [0.717, 1.165) is 5.56 Å². The summed E-state index contributed by atoms with van der Waals surface area (Å²) in [5.41, 5.74) is 2.78. The lowest BCUT2D eigenvalue weighted by atomic mass is 9.87. The summed E-state index contributed by atoms with van der Waals surface area (Å²) in [7, 11) is 1.43. The summed E-state index contributed by atoms with van der Waals surface area (Å²) in [6.07, 6.45) is 0. The summed E-state index contributed by atoms with van der Waals surface area (Å²) in [6.45, 7) is -0.558.